The van der Waals surface area contributed by atoms with E-state index in [0.717, 1.165) is 40.4 Å². The van der Waals surface area contributed by atoms with Crippen LogP contribution < -0.4 is 10.1 Å². The van der Waals surface area contributed by atoms with Gasteiger partial charge in [0.05, 0.1) is 25.8 Å². The molecule has 0 bridgehead atoms. The maximum atomic E-state index is 14.0. The van der Waals surface area contributed by atoms with Crippen molar-refractivity contribution in [1.29, 1.82) is 0 Å². The van der Waals surface area contributed by atoms with E-state index in [1.54, 1.807) is 12.0 Å². The van der Waals surface area contributed by atoms with Gasteiger partial charge in [0.2, 0.25) is 11.8 Å². The summed E-state index contributed by atoms with van der Waals surface area (Å²) < 4.78 is 5.25. The largest absolute Gasteiger partial charge is 0.497 e. The zero-order valence-corrected chi connectivity index (χ0v) is 22.2. The number of aromatic nitrogens is 1. The number of nitrogens with zero attached hydrogens (tertiary/aromatic N) is 2. The second-order valence-corrected chi connectivity index (χ2v) is 10.5. The van der Waals surface area contributed by atoms with Crippen LogP contribution in [0.3, 0.4) is 0 Å². The number of nitrogens with one attached hydrogen (secondary N) is 1. The van der Waals surface area contributed by atoms with Gasteiger partial charge in [-0.2, -0.15) is 0 Å². The molecule has 194 valence electrons. The Kier molecular flexibility index (Phi) is 7.84. The van der Waals surface area contributed by atoms with Gasteiger partial charge in [-0.3, -0.25) is 9.59 Å². The summed E-state index contributed by atoms with van der Waals surface area (Å²) in [4.78, 5) is 34.5. The molecule has 0 radical (unpaired) electrons. The second kappa shape index (κ2) is 11.6. The molecule has 1 fully saturated rings. The van der Waals surface area contributed by atoms with Crippen LogP contribution in [-0.2, 0) is 22.6 Å². The lowest BCUT2D eigenvalue weighted by molar-refractivity contribution is -0.145. The number of hydrogen-bond donors (Lipinski definition) is 1. The van der Waals surface area contributed by atoms with Crippen molar-refractivity contribution in [1.82, 2.24) is 9.88 Å². The van der Waals surface area contributed by atoms with Gasteiger partial charge in [0.15, 0.2) is 0 Å². The summed E-state index contributed by atoms with van der Waals surface area (Å²) in [6, 6.07) is 27.0. The molecule has 1 aromatic heterocycles. The van der Waals surface area contributed by atoms with Crippen molar-refractivity contribution in [2.24, 2.45) is 0 Å². The third kappa shape index (κ3) is 5.63. The van der Waals surface area contributed by atoms with Crippen molar-refractivity contribution in [3.8, 4) is 17.0 Å². The van der Waals surface area contributed by atoms with E-state index in [-0.39, 0.29) is 18.2 Å². The van der Waals surface area contributed by atoms with Crippen molar-refractivity contribution in [2.45, 2.75) is 44.2 Å². The SMILES string of the molecule is COc1ccc(NC(=O)C2(N(Cc3nc(-c4ccccc4)cs3)C(=O)Cc3ccccc3)CCCC2)cc1. The molecule has 2 amide bonds. The van der Waals surface area contributed by atoms with Gasteiger partial charge in [-0.1, -0.05) is 73.5 Å². The van der Waals surface area contributed by atoms with Crippen LogP contribution >= 0.6 is 11.3 Å². The lowest BCUT2D eigenvalue weighted by Gasteiger charge is -2.40. The topological polar surface area (TPSA) is 71.5 Å². The molecule has 0 aliphatic heterocycles. The van der Waals surface area contributed by atoms with Crippen LogP contribution in [0.5, 0.6) is 5.75 Å². The second-order valence-electron chi connectivity index (χ2n) is 9.56. The van der Waals surface area contributed by atoms with Crippen molar-refractivity contribution in [2.75, 3.05) is 12.4 Å². The molecule has 0 saturated heterocycles. The predicted molar refractivity (Wildman–Crippen MR) is 151 cm³/mol. The lowest BCUT2D eigenvalue weighted by Crippen LogP contribution is -2.57. The van der Waals surface area contributed by atoms with Crippen molar-refractivity contribution >= 4 is 28.8 Å². The molecule has 0 unspecified atom stereocenters. The molecule has 3 aromatic carbocycles. The highest BCUT2D eigenvalue weighted by molar-refractivity contribution is 7.09. The standard InChI is InChI=1S/C31H31N3O3S/c1-37-26-16-14-25(15-17-26)32-30(36)31(18-8-9-19-31)34(29(35)20-23-10-4-2-5-11-23)21-28-33-27(22-38-28)24-12-6-3-7-13-24/h2-7,10-17,22H,8-9,18-21H2,1H3,(H,32,36). The van der Waals surface area contributed by atoms with E-state index in [1.807, 2.05) is 90.3 Å². The zero-order valence-electron chi connectivity index (χ0n) is 21.4. The average molecular weight is 526 g/mol. The lowest BCUT2D eigenvalue weighted by atomic mass is 9.92. The molecule has 6 nitrogen and oxygen atoms in total. The van der Waals surface area contributed by atoms with E-state index in [0.29, 0.717) is 25.1 Å². The number of carbonyl (C=O) groups excluding carboxylic acids is 2. The number of carbonyl (C=O) groups is 2. The van der Waals surface area contributed by atoms with Gasteiger partial charge in [0.25, 0.3) is 0 Å². The minimum Gasteiger partial charge on any atom is -0.497 e. The Morgan fingerprint density at radius 3 is 2.26 bits per heavy atom. The molecule has 0 atom stereocenters. The summed E-state index contributed by atoms with van der Waals surface area (Å²) >= 11 is 1.52. The van der Waals surface area contributed by atoms with Gasteiger partial charge in [-0.15, -0.1) is 11.3 Å². The smallest absolute Gasteiger partial charge is 0.250 e. The number of hydrogen-bond acceptors (Lipinski definition) is 5. The Morgan fingerprint density at radius 2 is 1.61 bits per heavy atom. The summed E-state index contributed by atoms with van der Waals surface area (Å²) in [6.07, 6.45) is 3.24. The van der Waals surface area contributed by atoms with Crippen molar-refractivity contribution in [3.05, 3.63) is 101 Å². The molecule has 1 aliphatic carbocycles. The van der Waals surface area contributed by atoms with Crippen LogP contribution in [-0.4, -0.2) is 34.3 Å². The third-order valence-corrected chi connectivity index (χ3v) is 7.97. The molecule has 0 spiro atoms. The summed E-state index contributed by atoms with van der Waals surface area (Å²) in [5.74, 6) is 0.497. The fourth-order valence-corrected chi connectivity index (χ4v) is 5.90. The van der Waals surface area contributed by atoms with Gasteiger partial charge in [-0.25, -0.2) is 4.98 Å². The van der Waals surface area contributed by atoms with Gasteiger partial charge in [0.1, 0.15) is 16.3 Å². The van der Waals surface area contributed by atoms with Gasteiger partial charge < -0.3 is 15.0 Å². The Bertz CT molecular complexity index is 1360. The van der Waals surface area contributed by atoms with Crippen molar-refractivity contribution in [3.63, 3.8) is 0 Å². The summed E-state index contributed by atoms with van der Waals surface area (Å²) in [6.45, 7) is 0.291. The number of anilines is 1. The van der Waals surface area contributed by atoms with Gasteiger partial charge in [-0.05, 0) is 42.7 Å². The van der Waals surface area contributed by atoms with E-state index < -0.39 is 5.54 Å². The van der Waals surface area contributed by atoms with Crippen LogP contribution in [0.25, 0.3) is 11.3 Å². The first-order valence-electron chi connectivity index (χ1n) is 12.9. The Hall–Kier alpha value is -3.97. The molecule has 7 heteroatoms. The Balaban J connectivity index is 1.46. The maximum absolute atomic E-state index is 14.0. The number of ether oxygens (including phenoxy) is 1. The normalized spacial score (nSPS) is 14.1. The Labute approximate surface area is 227 Å². The number of amides is 2. The van der Waals surface area contributed by atoms with Crippen LogP contribution in [0.1, 0.15) is 36.3 Å². The first kappa shape index (κ1) is 25.7. The van der Waals surface area contributed by atoms with E-state index >= 15 is 0 Å². The Morgan fingerprint density at radius 1 is 0.947 bits per heavy atom. The predicted octanol–water partition coefficient (Wildman–Crippen LogP) is 6.34. The van der Waals surface area contributed by atoms with E-state index in [9.17, 15) is 9.59 Å². The molecular weight excluding hydrogens is 494 g/mol. The third-order valence-electron chi connectivity index (χ3n) is 7.13. The fourth-order valence-electron chi connectivity index (χ4n) is 5.11. The highest BCUT2D eigenvalue weighted by Gasteiger charge is 2.48. The van der Waals surface area contributed by atoms with Crippen LogP contribution in [0, 0.1) is 0 Å². The van der Waals surface area contributed by atoms with E-state index in [2.05, 4.69) is 5.32 Å². The minimum atomic E-state index is -0.940. The van der Waals surface area contributed by atoms with Crippen LogP contribution in [0.2, 0.25) is 0 Å². The average Bonchev–Trinajstić information content (AvgIpc) is 3.64. The molecule has 1 aliphatic rings. The van der Waals surface area contributed by atoms with Crippen molar-refractivity contribution < 1.29 is 14.3 Å². The number of methoxy groups -OCH3 is 1. The van der Waals surface area contributed by atoms with Crippen LogP contribution in [0.15, 0.2) is 90.3 Å². The molecule has 1 saturated carbocycles. The molecular formula is C31H31N3O3S. The molecule has 4 aromatic rings. The fraction of sp³-hybridized carbons (Fsp3) is 0.258. The number of rotatable bonds is 9. The highest BCUT2D eigenvalue weighted by atomic mass is 32.1. The quantitative estimate of drug-likeness (QED) is 0.277. The van der Waals surface area contributed by atoms with Gasteiger partial charge >= 0.3 is 0 Å². The molecule has 5 rings (SSSR count). The summed E-state index contributed by atoms with van der Waals surface area (Å²) in [5, 5.41) is 5.92. The van der Waals surface area contributed by atoms with Gasteiger partial charge in [0, 0.05) is 16.6 Å². The highest BCUT2D eigenvalue weighted by Crippen LogP contribution is 2.39. The molecule has 1 heterocycles. The molecule has 38 heavy (non-hydrogen) atoms. The first-order valence-corrected chi connectivity index (χ1v) is 13.7. The zero-order chi connectivity index (χ0) is 26.4. The molecule has 1 N–H and O–H groups in total. The maximum Gasteiger partial charge on any atom is 0.250 e. The number of thiazole rings is 1. The first-order chi connectivity index (χ1) is 18.6. The summed E-state index contributed by atoms with van der Waals surface area (Å²) in [7, 11) is 1.61. The number of benzene rings is 3. The van der Waals surface area contributed by atoms with Crippen LogP contribution in [0.4, 0.5) is 5.69 Å². The minimum absolute atomic E-state index is 0.0700. The van der Waals surface area contributed by atoms with E-state index in [1.165, 1.54) is 11.3 Å². The monoisotopic (exact) mass is 525 g/mol. The van der Waals surface area contributed by atoms with E-state index in [4.69, 9.17) is 9.72 Å². The summed E-state index contributed by atoms with van der Waals surface area (Å²) in [5.41, 5.74) is 2.58.